The van der Waals surface area contributed by atoms with Crippen LogP contribution in [0.1, 0.15) is 18.2 Å². The van der Waals surface area contributed by atoms with Crippen molar-refractivity contribution in [2.75, 3.05) is 6.54 Å². The Morgan fingerprint density at radius 3 is 2.57 bits per heavy atom. The molecule has 8 heteroatoms. The van der Waals surface area contributed by atoms with Crippen LogP contribution < -0.4 is 17.2 Å². The first-order valence-corrected chi connectivity index (χ1v) is 7.31. The molecule has 0 radical (unpaired) electrons. The number of hydrogen-bond donors (Lipinski definition) is 3. The zero-order valence-corrected chi connectivity index (χ0v) is 13.0. The summed E-state index contributed by atoms with van der Waals surface area (Å²) < 4.78 is 1.69. The Hall–Kier alpha value is -2.90. The van der Waals surface area contributed by atoms with E-state index in [1.54, 1.807) is 4.68 Å². The molecule has 0 aliphatic rings. The van der Waals surface area contributed by atoms with Crippen LogP contribution in [0, 0.1) is 5.92 Å². The maximum Gasteiger partial charge on any atom is 0.220 e. The highest BCUT2D eigenvalue weighted by atomic mass is 16.1. The lowest BCUT2D eigenvalue weighted by atomic mass is 10.0. The van der Waals surface area contributed by atoms with Gasteiger partial charge in [-0.05, 0) is 24.1 Å². The van der Waals surface area contributed by atoms with Gasteiger partial charge in [-0.3, -0.25) is 9.79 Å². The van der Waals surface area contributed by atoms with Crippen molar-refractivity contribution in [3.05, 3.63) is 41.7 Å². The lowest BCUT2D eigenvalue weighted by molar-refractivity contribution is -0.121. The minimum absolute atomic E-state index is 0.0677. The van der Waals surface area contributed by atoms with Crippen LogP contribution in [-0.2, 0) is 17.6 Å². The Morgan fingerprint density at radius 1 is 1.26 bits per heavy atom. The van der Waals surface area contributed by atoms with Crippen molar-refractivity contribution in [3.8, 4) is 5.69 Å². The van der Waals surface area contributed by atoms with Gasteiger partial charge in [0.1, 0.15) is 0 Å². The number of benzene rings is 1. The van der Waals surface area contributed by atoms with E-state index in [0.29, 0.717) is 19.4 Å². The molecule has 1 heterocycles. The minimum Gasteiger partial charge on any atom is -0.370 e. The van der Waals surface area contributed by atoms with Crippen molar-refractivity contribution < 1.29 is 4.79 Å². The van der Waals surface area contributed by atoms with Crippen molar-refractivity contribution in [2.24, 2.45) is 28.1 Å². The highest BCUT2D eigenvalue weighted by molar-refractivity contribution is 5.76. The monoisotopic (exact) mass is 315 g/mol. The van der Waals surface area contributed by atoms with Crippen LogP contribution in [0.2, 0.25) is 0 Å². The molecule has 0 aliphatic carbocycles. The van der Waals surface area contributed by atoms with Gasteiger partial charge in [-0.1, -0.05) is 24.3 Å². The Bertz CT molecular complexity index is 686. The van der Waals surface area contributed by atoms with Crippen LogP contribution in [-0.4, -0.2) is 33.4 Å². The number of primary amides is 1. The molecule has 0 saturated carbocycles. The summed E-state index contributed by atoms with van der Waals surface area (Å²) in [6.45, 7) is 2.29. The van der Waals surface area contributed by atoms with Crippen LogP contribution in [0.4, 0.5) is 0 Å². The molecule has 1 aromatic carbocycles. The van der Waals surface area contributed by atoms with Crippen LogP contribution in [0.25, 0.3) is 5.69 Å². The van der Waals surface area contributed by atoms with Gasteiger partial charge in [0.2, 0.25) is 5.91 Å². The third kappa shape index (κ3) is 4.80. The largest absolute Gasteiger partial charge is 0.370 e. The fourth-order valence-electron chi connectivity index (χ4n) is 2.08. The first-order valence-electron chi connectivity index (χ1n) is 7.31. The zero-order chi connectivity index (χ0) is 16.8. The molecule has 1 atom stereocenters. The molecule has 2 aromatic rings. The van der Waals surface area contributed by atoms with Gasteiger partial charge in [-0.2, -0.15) is 0 Å². The molecular weight excluding hydrogens is 294 g/mol. The van der Waals surface area contributed by atoms with E-state index in [4.69, 9.17) is 17.2 Å². The maximum absolute atomic E-state index is 11.1. The average Bonchev–Trinajstić information content (AvgIpc) is 2.96. The SMILES string of the molecule is C[C@@H](Cc1ccc(-n2cc(CCN=C(N)N)nn2)cc1)C(N)=O. The van der Waals surface area contributed by atoms with Crippen LogP contribution in [0.3, 0.4) is 0 Å². The molecule has 2 rings (SSSR count). The predicted octanol–water partition coefficient (Wildman–Crippen LogP) is -0.253. The lowest BCUT2D eigenvalue weighted by Gasteiger charge is -2.07. The fourth-order valence-corrected chi connectivity index (χ4v) is 2.08. The molecule has 0 spiro atoms. The van der Waals surface area contributed by atoms with E-state index in [1.165, 1.54) is 0 Å². The molecule has 1 aromatic heterocycles. The summed E-state index contributed by atoms with van der Waals surface area (Å²) in [6.07, 6.45) is 3.08. The molecule has 0 fully saturated rings. The molecule has 0 aliphatic heterocycles. The molecule has 1 amide bonds. The molecule has 0 unspecified atom stereocenters. The first-order chi connectivity index (χ1) is 11.0. The Kier molecular flexibility index (Phi) is 5.29. The second kappa shape index (κ2) is 7.39. The molecule has 8 nitrogen and oxygen atoms in total. The number of aliphatic imine (C=N–C) groups is 1. The van der Waals surface area contributed by atoms with E-state index in [9.17, 15) is 4.79 Å². The number of nitrogens with two attached hydrogens (primary N) is 3. The van der Waals surface area contributed by atoms with E-state index >= 15 is 0 Å². The molecule has 23 heavy (non-hydrogen) atoms. The minimum atomic E-state index is -0.296. The number of amides is 1. The van der Waals surface area contributed by atoms with E-state index in [2.05, 4.69) is 15.3 Å². The van der Waals surface area contributed by atoms with Crippen LogP contribution >= 0.6 is 0 Å². The zero-order valence-electron chi connectivity index (χ0n) is 13.0. The second-order valence-electron chi connectivity index (χ2n) is 5.39. The Morgan fingerprint density at radius 2 is 1.96 bits per heavy atom. The summed E-state index contributed by atoms with van der Waals surface area (Å²) in [5.74, 6) is -0.414. The Balaban J connectivity index is 2.01. The highest BCUT2D eigenvalue weighted by Gasteiger charge is 2.10. The number of nitrogens with zero attached hydrogens (tertiary/aromatic N) is 4. The number of carbonyl (C=O) groups is 1. The van der Waals surface area contributed by atoms with Crippen molar-refractivity contribution >= 4 is 11.9 Å². The number of guanidine groups is 1. The Labute approximate surface area is 134 Å². The van der Waals surface area contributed by atoms with E-state index in [1.807, 2.05) is 37.4 Å². The summed E-state index contributed by atoms with van der Waals surface area (Å²) in [5, 5.41) is 8.17. The highest BCUT2D eigenvalue weighted by Crippen LogP contribution is 2.13. The molecule has 122 valence electrons. The molecule has 0 saturated heterocycles. The summed E-state index contributed by atoms with van der Waals surface area (Å²) >= 11 is 0. The summed E-state index contributed by atoms with van der Waals surface area (Å²) in [5.41, 5.74) is 18.6. The average molecular weight is 315 g/mol. The number of aromatic nitrogens is 3. The van der Waals surface area contributed by atoms with E-state index in [0.717, 1.165) is 16.9 Å². The normalized spacial score (nSPS) is 11.9. The topological polar surface area (TPSA) is 138 Å². The number of carbonyl (C=O) groups excluding carboxylic acids is 1. The van der Waals surface area contributed by atoms with E-state index < -0.39 is 0 Å². The van der Waals surface area contributed by atoms with Crippen LogP contribution in [0.15, 0.2) is 35.5 Å². The molecule has 0 bridgehead atoms. The van der Waals surface area contributed by atoms with Gasteiger partial charge < -0.3 is 17.2 Å². The summed E-state index contributed by atoms with van der Waals surface area (Å²) in [4.78, 5) is 15.0. The van der Waals surface area contributed by atoms with Gasteiger partial charge in [-0.15, -0.1) is 5.10 Å². The van der Waals surface area contributed by atoms with Crippen molar-refractivity contribution in [2.45, 2.75) is 19.8 Å². The number of hydrogen-bond acceptors (Lipinski definition) is 4. The van der Waals surface area contributed by atoms with Crippen molar-refractivity contribution in [1.29, 1.82) is 0 Å². The van der Waals surface area contributed by atoms with Crippen LogP contribution in [0.5, 0.6) is 0 Å². The summed E-state index contributed by atoms with van der Waals surface area (Å²) in [6, 6.07) is 7.76. The van der Waals surface area contributed by atoms with Gasteiger partial charge in [0.15, 0.2) is 5.96 Å². The standard InChI is InChI=1S/C15H21N7O/c1-10(14(16)23)8-11-2-4-13(5-3-11)22-9-12(20-21-22)6-7-19-15(17)18/h2-5,9-10H,6-8H2,1H3,(H2,16,23)(H4,17,18,19)/t10-/m0/s1. The van der Waals surface area contributed by atoms with Gasteiger partial charge >= 0.3 is 0 Å². The quantitative estimate of drug-likeness (QED) is 0.477. The van der Waals surface area contributed by atoms with Gasteiger partial charge in [0.25, 0.3) is 0 Å². The summed E-state index contributed by atoms with van der Waals surface area (Å²) in [7, 11) is 0. The third-order valence-electron chi connectivity index (χ3n) is 3.43. The number of rotatable bonds is 7. The first kappa shape index (κ1) is 16.5. The lowest BCUT2D eigenvalue weighted by Crippen LogP contribution is -2.23. The third-order valence-corrected chi connectivity index (χ3v) is 3.43. The maximum atomic E-state index is 11.1. The second-order valence-corrected chi connectivity index (χ2v) is 5.39. The molecule has 6 N–H and O–H groups in total. The predicted molar refractivity (Wildman–Crippen MR) is 87.8 cm³/mol. The fraction of sp³-hybridized carbons (Fsp3) is 0.333. The molecular formula is C15H21N7O. The van der Waals surface area contributed by atoms with Gasteiger partial charge in [-0.25, -0.2) is 4.68 Å². The van der Waals surface area contributed by atoms with E-state index in [-0.39, 0.29) is 17.8 Å². The van der Waals surface area contributed by atoms with Gasteiger partial charge in [0, 0.05) is 18.9 Å². The van der Waals surface area contributed by atoms with Gasteiger partial charge in [0.05, 0.1) is 17.6 Å². The van der Waals surface area contributed by atoms with Crippen molar-refractivity contribution in [1.82, 2.24) is 15.0 Å². The van der Waals surface area contributed by atoms with Crippen molar-refractivity contribution in [3.63, 3.8) is 0 Å². The smallest absolute Gasteiger partial charge is 0.220 e.